The molecule has 4 aromatic rings. The Labute approximate surface area is 188 Å². The van der Waals surface area contributed by atoms with Crippen LogP contribution in [0.4, 0.5) is 5.69 Å². The van der Waals surface area contributed by atoms with E-state index in [0.29, 0.717) is 23.4 Å². The maximum absolute atomic E-state index is 13.4. The van der Waals surface area contributed by atoms with Gasteiger partial charge in [-0.05, 0) is 67.1 Å². The smallest absolute Gasteiger partial charge is 0.268 e. The lowest BCUT2D eigenvalue weighted by atomic mass is 10.1. The molecule has 0 atom stereocenters. The maximum Gasteiger partial charge on any atom is 0.268 e. The van der Waals surface area contributed by atoms with Crippen molar-refractivity contribution < 1.29 is 13.2 Å². The van der Waals surface area contributed by atoms with Crippen LogP contribution in [-0.4, -0.2) is 38.0 Å². The second-order valence-corrected chi connectivity index (χ2v) is 9.70. The number of hydrogen-bond acceptors (Lipinski definition) is 5. The van der Waals surface area contributed by atoms with E-state index in [1.807, 2.05) is 24.3 Å². The molecule has 0 saturated carbocycles. The SMILES string of the molecule is COc1ccc2c(c1)c(CCN(C)Cc1ccccc1)cn2S(=O)(=O)c1ccc(N)cc1. The van der Waals surface area contributed by atoms with Gasteiger partial charge in [-0.1, -0.05) is 30.3 Å². The van der Waals surface area contributed by atoms with Crippen molar-refractivity contribution in [3.63, 3.8) is 0 Å². The summed E-state index contributed by atoms with van der Waals surface area (Å²) in [5.74, 6) is 0.694. The monoisotopic (exact) mass is 449 g/mol. The van der Waals surface area contributed by atoms with E-state index >= 15 is 0 Å². The number of fused-ring (bicyclic) bond motifs is 1. The zero-order valence-corrected chi connectivity index (χ0v) is 19.0. The van der Waals surface area contributed by atoms with E-state index in [4.69, 9.17) is 10.5 Å². The number of likely N-dealkylation sites (N-methyl/N-ethyl adjacent to an activating group) is 1. The molecule has 3 aromatic carbocycles. The minimum atomic E-state index is -3.76. The van der Waals surface area contributed by atoms with Crippen molar-refractivity contribution in [2.75, 3.05) is 26.4 Å². The highest BCUT2D eigenvalue weighted by atomic mass is 32.2. The second-order valence-electron chi connectivity index (χ2n) is 7.88. The summed E-state index contributed by atoms with van der Waals surface area (Å²) in [4.78, 5) is 2.43. The molecule has 6 nitrogen and oxygen atoms in total. The molecule has 4 rings (SSSR count). The molecule has 0 aliphatic rings. The van der Waals surface area contributed by atoms with E-state index in [2.05, 4.69) is 24.1 Å². The third-order valence-corrected chi connectivity index (χ3v) is 7.24. The zero-order chi connectivity index (χ0) is 22.7. The molecule has 0 fully saturated rings. The van der Waals surface area contributed by atoms with E-state index in [0.717, 1.165) is 24.0 Å². The number of aromatic nitrogens is 1. The lowest BCUT2D eigenvalue weighted by Crippen LogP contribution is -2.20. The van der Waals surface area contributed by atoms with Gasteiger partial charge in [0.05, 0.1) is 17.5 Å². The summed E-state index contributed by atoms with van der Waals surface area (Å²) >= 11 is 0. The lowest BCUT2D eigenvalue weighted by Gasteiger charge is -2.16. The number of anilines is 1. The molecular formula is C25H27N3O3S. The van der Waals surface area contributed by atoms with Gasteiger partial charge in [0, 0.05) is 30.4 Å². The van der Waals surface area contributed by atoms with Gasteiger partial charge < -0.3 is 15.4 Å². The van der Waals surface area contributed by atoms with Crippen LogP contribution >= 0.6 is 0 Å². The molecule has 0 bridgehead atoms. The summed E-state index contributed by atoms with van der Waals surface area (Å²) in [5.41, 5.74) is 9.08. The van der Waals surface area contributed by atoms with Gasteiger partial charge in [0.2, 0.25) is 0 Å². The Morgan fingerprint density at radius 3 is 2.41 bits per heavy atom. The number of benzene rings is 3. The molecule has 0 saturated heterocycles. The van der Waals surface area contributed by atoms with Crippen molar-refractivity contribution in [1.29, 1.82) is 0 Å². The van der Waals surface area contributed by atoms with Crippen LogP contribution < -0.4 is 10.5 Å². The van der Waals surface area contributed by atoms with Crippen LogP contribution in [0.2, 0.25) is 0 Å². The molecule has 0 aliphatic heterocycles. The van der Waals surface area contributed by atoms with E-state index in [-0.39, 0.29) is 4.90 Å². The van der Waals surface area contributed by atoms with Crippen molar-refractivity contribution in [2.24, 2.45) is 0 Å². The van der Waals surface area contributed by atoms with Gasteiger partial charge >= 0.3 is 0 Å². The van der Waals surface area contributed by atoms with Gasteiger partial charge in [0.1, 0.15) is 5.75 Å². The Bertz CT molecular complexity index is 1310. The van der Waals surface area contributed by atoms with Gasteiger partial charge in [-0.3, -0.25) is 0 Å². The number of nitrogen functional groups attached to an aromatic ring is 1. The highest BCUT2D eigenvalue weighted by Gasteiger charge is 2.21. The van der Waals surface area contributed by atoms with Gasteiger partial charge in [-0.25, -0.2) is 12.4 Å². The van der Waals surface area contributed by atoms with Crippen LogP contribution in [0.3, 0.4) is 0 Å². The number of ether oxygens (including phenoxy) is 1. The van der Waals surface area contributed by atoms with Crippen LogP contribution in [0.25, 0.3) is 10.9 Å². The minimum absolute atomic E-state index is 0.201. The van der Waals surface area contributed by atoms with Crippen LogP contribution in [0.5, 0.6) is 5.75 Å². The summed E-state index contributed by atoms with van der Waals surface area (Å²) in [5, 5.41) is 0.872. The fraction of sp³-hybridized carbons (Fsp3) is 0.200. The van der Waals surface area contributed by atoms with Gasteiger partial charge in [0.15, 0.2) is 0 Å². The maximum atomic E-state index is 13.4. The number of methoxy groups -OCH3 is 1. The molecule has 32 heavy (non-hydrogen) atoms. The first kappa shape index (κ1) is 21.9. The molecule has 0 aliphatic carbocycles. The molecule has 7 heteroatoms. The predicted octanol–water partition coefficient (Wildman–Crippen LogP) is 4.14. The largest absolute Gasteiger partial charge is 0.497 e. The highest BCUT2D eigenvalue weighted by molar-refractivity contribution is 7.90. The lowest BCUT2D eigenvalue weighted by molar-refractivity contribution is 0.331. The van der Waals surface area contributed by atoms with Crippen molar-refractivity contribution in [1.82, 2.24) is 8.87 Å². The number of nitrogens with zero attached hydrogens (tertiary/aromatic N) is 2. The second kappa shape index (κ2) is 9.06. The van der Waals surface area contributed by atoms with E-state index < -0.39 is 10.0 Å². The molecule has 2 N–H and O–H groups in total. The molecule has 1 aromatic heterocycles. The molecule has 0 spiro atoms. The van der Waals surface area contributed by atoms with E-state index in [1.165, 1.54) is 21.7 Å². The molecule has 0 amide bonds. The number of rotatable bonds is 8. The Hall–Kier alpha value is -3.29. The Balaban J connectivity index is 1.67. The molecule has 0 radical (unpaired) electrons. The van der Waals surface area contributed by atoms with Crippen molar-refractivity contribution in [3.8, 4) is 5.75 Å². The average Bonchev–Trinajstić information content (AvgIpc) is 3.17. The first-order valence-electron chi connectivity index (χ1n) is 10.4. The van der Waals surface area contributed by atoms with E-state index in [1.54, 1.807) is 37.6 Å². The number of nitrogens with two attached hydrogens (primary N) is 1. The van der Waals surface area contributed by atoms with Crippen LogP contribution in [0.1, 0.15) is 11.1 Å². The van der Waals surface area contributed by atoms with Gasteiger partial charge in [0.25, 0.3) is 10.0 Å². The van der Waals surface area contributed by atoms with E-state index in [9.17, 15) is 8.42 Å². The standard InChI is InChI=1S/C25H27N3O3S/c1-27(17-19-6-4-3-5-7-19)15-14-20-18-28(25-13-10-22(31-2)16-24(20)25)32(29,30)23-11-8-21(26)9-12-23/h3-13,16,18H,14-15,17,26H2,1-2H3. The fourth-order valence-electron chi connectivity index (χ4n) is 3.81. The Morgan fingerprint density at radius 1 is 1.00 bits per heavy atom. The molecular weight excluding hydrogens is 422 g/mol. The number of hydrogen-bond donors (Lipinski definition) is 1. The normalized spacial score (nSPS) is 11.8. The Morgan fingerprint density at radius 2 is 1.72 bits per heavy atom. The summed E-state index contributed by atoms with van der Waals surface area (Å²) in [6.07, 6.45) is 2.43. The van der Waals surface area contributed by atoms with Crippen LogP contribution in [0.15, 0.2) is 83.9 Å². The van der Waals surface area contributed by atoms with Crippen molar-refractivity contribution in [2.45, 2.75) is 17.9 Å². The minimum Gasteiger partial charge on any atom is -0.497 e. The fourth-order valence-corrected chi connectivity index (χ4v) is 5.20. The molecule has 1 heterocycles. The first-order valence-corrected chi connectivity index (χ1v) is 11.8. The van der Waals surface area contributed by atoms with Gasteiger partial charge in [-0.15, -0.1) is 0 Å². The Kier molecular flexibility index (Phi) is 6.21. The summed E-state index contributed by atoms with van der Waals surface area (Å²) < 4.78 is 33.5. The third kappa shape index (κ3) is 4.49. The van der Waals surface area contributed by atoms with Gasteiger partial charge in [-0.2, -0.15) is 0 Å². The molecule has 166 valence electrons. The zero-order valence-electron chi connectivity index (χ0n) is 18.2. The topological polar surface area (TPSA) is 77.6 Å². The molecule has 0 unspecified atom stereocenters. The average molecular weight is 450 g/mol. The highest BCUT2D eigenvalue weighted by Crippen LogP contribution is 2.30. The predicted molar refractivity (Wildman–Crippen MR) is 128 cm³/mol. The summed E-state index contributed by atoms with van der Waals surface area (Å²) in [7, 11) is -0.0864. The van der Waals surface area contributed by atoms with Crippen molar-refractivity contribution >= 4 is 26.6 Å². The summed E-state index contributed by atoms with van der Waals surface area (Å²) in [6.45, 7) is 1.61. The van der Waals surface area contributed by atoms with Crippen LogP contribution in [0, 0.1) is 0 Å². The quantitative estimate of drug-likeness (QED) is 0.409. The first-order chi connectivity index (χ1) is 15.4. The van der Waals surface area contributed by atoms with Crippen molar-refractivity contribution in [3.05, 3.63) is 90.1 Å². The summed E-state index contributed by atoms with van der Waals surface area (Å²) in [6, 6.07) is 22.0. The van der Waals surface area contributed by atoms with Crippen LogP contribution in [-0.2, 0) is 23.0 Å². The third-order valence-electron chi connectivity index (χ3n) is 5.56.